The van der Waals surface area contributed by atoms with Crippen molar-refractivity contribution in [3.8, 4) is 0 Å². The lowest BCUT2D eigenvalue weighted by atomic mass is 9.94. The maximum Gasteiger partial charge on any atom is 0.261 e. The van der Waals surface area contributed by atoms with Crippen LogP contribution in [0.25, 0.3) is 10.8 Å². The van der Waals surface area contributed by atoms with Gasteiger partial charge in [-0.1, -0.05) is 24.3 Å². The number of nitrogens with zero attached hydrogens (tertiary/aromatic N) is 1. The van der Waals surface area contributed by atoms with Gasteiger partial charge in [0.1, 0.15) is 0 Å². The van der Waals surface area contributed by atoms with E-state index < -0.39 is 0 Å². The van der Waals surface area contributed by atoms with E-state index in [4.69, 9.17) is 0 Å². The first kappa shape index (κ1) is 23.9. The topological polar surface area (TPSA) is 73.5 Å². The van der Waals surface area contributed by atoms with E-state index in [0.29, 0.717) is 17.7 Å². The second-order valence-corrected chi connectivity index (χ2v) is 9.32. The molecule has 1 fully saturated rings. The molecule has 0 unspecified atom stereocenters. The molecule has 2 amide bonds. The average Bonchev–Trinajstić information content (AvgIpc) is 3.66. The van der Waals surface area contributed by atoms with Crippen molar-refractivity contribution in [2.45, 2.75) is 57.4 Å². The van der Waals surface area contributed by atoms with Crippen molar-refractivity contribution in [1.82, 2.24) is 20.9 Å². The van der Waals surface area contributed by atoms with Gasteiger partial charge in [0, 0.05) is 29.1 Å². The lowest BCUT2D eigenvalue weighted by Crippen LogP contribution is -2.41. The number of benzene rings is 2. The van der Waals surface area contributed by atoms with E-state index in [2.05, 4.69) is 16.0 Å². The second-order valence-electron chi connectivity index (χ2n) is 9.32. The minimum atomic E-state index is -0.163. The molecule has 4 rings (SSSR count). The quantitative estimate of drug-likeness (QED) is 0.269. The Kier molecular flexibility index (Phi) is 8.86. The lowest BCUT2D eigenvalue weighted by molar-refractivity contribution is 0.0608. The number of amides is 2. The van der Waals surface area contributed by atoms with Crippen LogP contribution in [0.5, 0.6) is 0 Å². The maximum absolute atomic E-state index is 12.9. The van der Waals surface area contributed by atoms with E-state index in [1.165, 1.54) is 50.0 Å². The number of unbranched alkanes of at least 4 members (excludes halogenated alkanes) is 3. The highest BCUT2D eigenvalue weighted by Crippen LogP contribution is 2.30. The third kappa shape index (κ3) is 6.62. The zero-order chi connectivity index (χ0) is 22.9. The van der Waals surface area contributed by atoms with Crippen molar-refractivity contribution in [2.24, 2.45) is 0 Å². The fourth-order valence-corrected chi connectivity index (χ4v) is 4.52. The molecule has 1 saturated carbocycles. The molecule has 1 heterocycles. The van der Waals surface area contributed by atoms with Crippen molar-refractivity contribution in [3.05, 3.63) is 47.5 Å². The summed E-state index contributed by atoms with van der Waals surface area (Å²) in [6.07, 6.45) is 9.39. The zero-order valence-corrected chi connectivity index (χ0v) is 19.7. The van der Waals surface area contributed by atoms with Crippen LogP contribution >= 0.6 is 0 Å². The van der Waals surface area contributed by atoms with Gasteiger partial charge in [0.25, 0.3) is 11.8 Å². The van der Waals surface area contributed by atoms with Gasteiger partial charge in [-0.05, 0) is 102 Å². The number of imide groups is 1. The first-order chi connectivity index (χ1) is 16.3. The first-order valence-electron chi connectivity index (χ1n) is 12.8. The minimum absolute atomic E-state index is 0.163. The summed E-state index contributed by atoms with van der Waals surface area (Å²) < 4.78 is 0. The Labute approximate surface area is 197 Å². The molecule has 0 spiro atoms. The van der Waals surface area contributed by atoms with E-state index in [9.17, 15) is 9.59 Å². The molecule has 0 aromatic heterocycles. The summed E-state index contributed by atoms with van der Waals surface area (Å²) in [5.74, 6) is -0.326. The average molecular weight is 451 g/mol. The maximum atomic E-state index is 12.9. The Morgan fingerprint density at radius 2 is 1.21 bits per heavy atom. The number of hydrogen-bond donors (Lipinski definition) is 3. The highest BCUT2D eigenvalue weighted by atomic mass is 16.2. The van der Waals surface area contributed by atoms with Crippen molar-refractivity contribution >= 4 is 22.6 Å². The van der Waals surface area contributed by atoms with Crippen LogP contribution < -0.4 is 16.0 Å². The molecule has 0 saturated heterocycles. The van der Waals surface area contributed by atoms with Crippen molar-refractivity contribution in [1.29, 1.82) is 0 Å². The van der Waals surface area contributed by atoms with Crippen LogP contribution in [0.3, 0.4) is 0 Å². The Bertz CT molecular complexity index is 890. The predicted octanol–water partition coefficient (Wildman–Crippen LogP) is 3.71. The summed E-state index contributed by atoms with van der Waals surface area (Å²) in [6, 6.07) is 12.2. The van der Waals surface area contributed by atoms with Crippen LogP contribution in [-0.2, 0) is 0 Å². The number of rotatable bonds is 16. The van der Waals surface area contributed by atoms with E-state index >= 15 is 0 Å². The molecule has 33 heavy (non-hydrogen) atoms. The molecule has 178 valence electrons. The molecule has 1 aliphatic heterocycles. The normalized spacial score (nSPS) is 15.6. The van der Waals surface area contributed by atoms with Crippen LogP contribution in [-0.4, -0.2) is 62.0 Å². The van der Waals surface area contributed by atoms with Crippen LogP contribution in [0.15, 0.2) is 36.4 Å². The fourth-order valence-electron chi connectivity index (χ4n) is 4.52. The van der Waals surface area contributed by atoms with Gasteiger partial charge in [0.2, 0.25) is 0 Å². The molecule has 2 aromatic carbocycles. The van der Waals surface area contributed by atoms with Gasteiger partial charge in [0.05, 0.1) is 0 Å². The van der Waals surface area contributed by atoms with E-state index in [0.717, 1.165) is 55.8 Å². The Morgan fingerprint density at radius 3 is 1.76 bits per heavy atom. The first-order valence-corrected chi connectivity index (χ1v) is 12.8. The molecular formula is C27H38N4O2. The Balaban J connectivity index is 1.03. The predicted molar refractivity (Wildman–Crippen MR) is 134 cm³/mol. The summed E-state index contributed by atoms with van der Waals surface area (Å²) >= 11 is 0. The summed E-state index contributed by atoms with van der Waals surface area (Å²) in [7, 11) is 0. The number of carbonyl (C=O) groups is 2. The molecule has 3 N–H and O–H groups in total. The summed E-state index contributed by atoms with van der Waals surface area (Å²) in [6.45, 7) is 5.79. The second kappa shape index (κ2) is 12.3. The minimum Gasteiger partial charge on any atom is -0.317 e. The molecule has 6 nitrogen and oxygen atoms in total. The largest absolute Gasteiger partial charge is 0.317 e. The molecular weight excluding hydrogens is 412 g/mol. The highest BCUT2D eigenvalue weighted by molar-refractivity contribution is 6.25. The molecule has 0 atom stereocenters. The van der Waals surface area contributed by atoms with Crippen LogP contribution in [0.2, 0.25) is 0 Å². The third-order valence-corrected chi connectivity index (χ3v) is 6.59. The van der Waals surface area contributed by atoms with Gasteiger partial charge in [-0.15, -0.1) is 0 Å². The Morgan fingerprint density at radius 1 is 0.697 bits per heavy atom. The van der Waals surface area contributed by atoms with Gasteiger partial charge < -0.3 is 16.0 Å². The lowest BCUT2D eigenvalue weighted by Gasteiger charge is -2.27. The fraction of sp³-hybridized carbons (Fsp3) is 0.556. The van der Waals surface area contributed by atoms with Gasteiger partial charge in [0.15, 0.2) is 0 Å². The van der Waals surface area contributed by atoms with Crippen LogP contribution in [0.1, 0.15) is 72.1 Å². The van der Waals surface area contributed by atoms with E-state index in [1.807, 2.05) is 36.4 Å². The molecule has 0 bridgehead atoms. The van der Waals surface area contributed by atoms with Crippen LogP contribution in [0.4, 0.5) is 0 Å². The number of nitrogens with one attached hydrogen (secondary N) is 3. The monoisotopic (exact) mass is 450 g/mol. The number of hydrogen-bond acceptors (Lipinski definition) is 5. The molecule has 1 aliphatic carbocycles. The SMILES string of the molecule is O=C1c2cccc3cccc(c23)C(=O)N1CCCCNCCCCNCCCCNC1CC1. The molecule has 0 radical (unpaired) electrons. The third-order valence-electron chi connectivity index (χ3n) is 6.59. The smallest absolute Gasteiger partial charge is 0.261 e. The van der Waals surface area contributed by atoms with Crippen molar-refractivity contribution in [2.75, 3.05) is 39.3 Å². The van der Waals surface area contributed by atoms with Gasteiger partial charge in [-0.2, -0.15) is 0 Å². The van der Waals surface area contributed by atoms with E-state index in [-0.39, 0.29) is 11.8 Å². The van der Waals surface area contributed by atoms with Gasteiger partial charge >= 0.3 is 0 Å². The van der Waals surface area contributed by atoms with Crippen molar-refractivity contribution < 1.29 is 9.59 Å². The number of carbonyl (C=O) groups excluding carboxylic acids is 2. The van der Waals surface area contributed by atoms with Gasteiger partial charge in [-0.25, -0.2) is 0 Å². The summed E-state index contributed by atoms with van der Waals surface area (Å²) in [5, 5.41) is 12.3. The summed E-state index contributed by atoms with van der Waals surface area (Å²) in [5.41, 5.74) is 1.29. The summed E-state index contributed by atoms with van der Waals surface area (Å²) in [4.78, 5) is 27.2. The molecule has 6 heteroatoms. The zero-order valence-electron chi connectivity index (χ0n) is 19.7. The Hall–Kier alpha value is -2.28. The highest BCUT2D eigenvalue weighted by Gasteiger charge is 2.31. The molecule has 2 aromatic rings. The molecule has 2 aliphatic rings. The van der Waals surface area contributed by atoms with Gasteiger partial charge in [-0.3, -0.25) is 14.5 Å². The van der Waals surface area contributed by atoms with E-state index in [1.54, 1.807) is 0 Å². The standard InChI is InChI=1S/C27H38N4O2/c32-26-23-11-7-9-21-10-8-12-24(25(21)23)27(33)31(26)20-6-5-18-29-16-2-1-15-28-17-3-4-19-30-22-13-14-22/h7-12,22,28-30H,1-6,13-20H2. The van der Waals surface area contributed by atoms with Crippen LogP contribution in [0, 0.1) is 0 Å². The van der Waals surface area contributed by atoms with Crippen molar-refractivity contribution in [3.63, 3.8) is 0 Å².